The van der Waals surface area contributed by atoms with Gasteiger partial charge < -0.3 is 19.0 Å². The van der Waals surface area contributed by atoms with Gasteiger partial charge in [-0.3, -0.25) is 9.69 Å². The number of aryl methyl sites for hydroxylation is 1. The Hall–Kier alpha value is -2.05. The van der Waals surface area contributed by atoms with Crippen LogP contribution in [-0.4, -0.2) is 47.2 Å². The molecule has 24 heavy (non-hydrogen) atoms. The number of furan rings is 1. The second-order valence-electron chi connectivity index (χ2n) is 6.83. The Balaban J connectivity index is 1.24. The summed E-state index contributed by atoms with van der Waals surface area (Å²) in [5.74, 6) is 0.526. The number of fused-ring (bicyclic) bond motifs is 1. The molecule has 4 rings (SSSR count). The van der Waals surface area contributed by atoms with E-state index in [1.54, 1.807) is 12.5 Å². The van der Waals surface area contributed by atoms with E-state index >= 15 is 0 Å². The highest BCUT2D eigenvalue weighted by Crippen LogP contribution is 2.33. The zero-order chi connectivity index (χ0) is 16.5. The number of nitrogens with zero attached hydrogens (tertiary/aromatic N) is 2. The van der Waals surface area contributed by atoms with Gasteiger partial charge in [-0.2, -0.15) is 0 Å². The van der Waals surface area contributed by atoms with Gasteiger partial charge in [-0.25, -0.2) is 0 Å². The number of aromatic nitrogens is 1. The van der Waals surface area contributed by atoms with Gasteiger partial charge >= 0.3 is 0 Å². The topological polar surface area (TPSA) is 59.6 Å². The van der Waals surface area contributed by atoms with Crippen molar-refractivity contribution in [2.45, 2.75) is 25.2 Å². The maximum Gasteiger partial charge on any atom is 0.267 e. The third-order valence-electron chi connectivity index (χ3n) is 5.04. The van der Waals surface area contributed by atoms with E-state index in [0.29, 0.717) is 18.2 Å². The van der Waals surface area contributed by atoms with Crippen molar-refractivity contribution >= 4 is 5.91 Å². The van der Waals surface area contributed by atoms with Crippen LogP contribution in [0, 0.1) is 5.92 Å². The summed E-state index contributed by atoms with van der Waals surface area (Å²) < 4.78 is 13.1. The highest BCUT2D eigenvalue weighted by Gasteiger charge is 2.41. The SMILES string of the molecule is Cn1cccc1C(=O)NC[C@H]1C[C@@H]2CN(Cc3ccoc3)C[C@@H]2O1. The summed E-state index contributed by atoms with van der Waals surface area (Å²) in [6, 6.07) is 5.71. The molecule has 2 aromatic heterocycles. The Labute approximate surface area is 141 Å². The molecule has 2 fully saturated rings. The van der Waals surface area contributed by atoms with Gasteiger partial charge in [-0.15, -0.1) is 0 Å². The quantitative estimate of drug-likeness (QED) is 0.906. The lowest BCUT2D eigenvalue weighted by Crippen LogP contribution is -2.34. The van der Waals surface area contributed by atoms with Crippen LogP contribution in [0.3, 0.4) is 0 Å². The minimum atomic E-state index is -0.0373. The molecule has 0 radical (unpaired) electrons. The molecule has 1 amide bonds. The fourth-order valence-electron chi connectivity index (χ4n) is 3.84. The summed E-state index contributed by atoms with van der Waals surface area (Å²) in [4.78, 5) is 14.6. The second-order valence-corrected chi connectivity index (χ2v) is 6.83. The molecule has 0 unspecified atom stereocenters. The van der Waals surface area contributed by atoms with Crippen LogP contribution in [0.5, 0.6) is 0 Å². The Morgan fingerprint density at radius 1 is 1.38 bits per heavy atom. The summed E-state index contributed by atoms with van der Waals surface area (Å²) in [5.41, 5.74) is 1.89. The molecule has 128 valence electrons. The minimum absolute atomic E-state index is 0.0373. The maximum atomic E-state index is 12.2. The normalized spacial score (nSPS) is 26.6. The van der Waals surface area contributed by atoms with Crippen LogP contribution in [0.15, 0.2) is 41.3 Å². The molecule has 3 atom stereocenters. The summed E-state index contributed by atoms with van der Waals surface area (Å²) in [6.07, 6.45) is 6.82. The van der Waals surface area contributed by atoms with Gasteiger partial charge in [0.15, 0.2) is 0 Å². The number of hydrogen-bond acceptors (Lipinski definition) is 4. The molecule has 0 spiro atoms. The van der Waals surface area contributed by atoms with Crippen LogP contribution >= 0.6 is 0 Å². The number of amides is 1. The largest absolute Gasteiger partial charge is 0.472 e. The van der Waals surface area contributed by atoms with E-state index in [4.69, 9.17) is 9.15 Å². The van der Waals surface area contributed by atoms with Gasteiger partial charge in [-0.1, -0.05) is 0 Å². The summed E-state index contributed by atoms with van der Waals surface area (Å²) >= 11 is 0. The van der Waals surface area contributed by atoms with Crippen molar-refractivity contribution < 1.29 is 13.9 Å². The van der Waals surface area contributed by atoms with E-state index in [2.05, 4.69) is 10.2 Å². The van der Waals surface area contributed by atoms with Crippen molar-refractivity contribution in [3.63, 3.8) is 0 Å². The summed E-state index contributed by atoms with van der Waals surface area (Å²) in [7, 11) is 1.87. The summed E-state index contributed by atoms with van der Waals surface area (Å²) in [6.45, 7) is 3.51. The van der Waals surface area contributed by atoms with Gasteiger partial charge in [-0.05, 0) is 24.6 Å². The highest BCUT2D eigenvalue weighted by atomic mass is 16.5. The average Bonchev–Trinajstić information content (AvgIpc) is 3.29. The lowest BCUT2D eigenvalue weighted by molar-refractivity contribution is 0.0371. The van der Waals surface area contributed by atoms with E-state index in [9.17, 15) is 4.79 Å². The van der Waals surface area contributed by atoms with Crippen molar-refractivity contribution in [1.29, 1.82) is 0 Å². The van der Waals surface area contributed by atoms with Gasteiger partial charge in [0.05, 0.1) is 24.7 Å². The van der Waals surface area contributed by atoms with Crippen LogP contribution in [-0.2, 0) is 18.3 Å². The predicted molar refractivity (Wildman–Crippen MR) is 88.5 cm³/mol. The minimum Gasteiger partial charge on any atom is -0.472 e. The molecule has 2 saturated heterocycles. The molecular weight excluding hydrogens is 306 g/mol. The number of hydrogen-bond donors (Lipinski definition) is 1. The lowest BCUT2D eigenvalue weighted by Gasteiger charge is -2.18. The fourth-order valence-corrected chi connectivity index (χ4v) is 3.84. The molecule has 4 heterocycles. The highest BCUT2D eigenvalue weighted by molar-refractivity contribution is 5.92. The van der Waals surface area contributed by atoms with Gasteiger partial charge in [0.2, 0.25) is 0 Å². The number of ether oxygens (including phenoxy) is 1. The first kappa shape index (κ1) is 15.5. The van der Waals surface area contributed by atoms with E-state index in [1.807, 2.05) is 36.0 Å². The van der Waals surface area contributed by atoms with E-state index in [1.165, 1.54) is 5.56 Å². The zero-order valence-electron chi connectivity index (χ0n) is 13.9. The molecule has 0 bridgehead atoms. The number of carbonyl (C=O) groups excluding carboxylic acids is 1. The van der Waals surface area contributed by atoms with Crippen LogP contribution in [0.1, 0.15) is 22.5 Å². The van der Waals surface area contributed by atoms with Crippen molar-refractivity contribution in [3.05, 3.63) is 48.2 Å². The first-order valence-electron chi connectivity index (χ1n) is 8.47. The Morgan fingerprint density at radius 3 is 3.00 bits per heavy atom. The van der Waals surface area contributed by atoms with Crippen LogP contribution in [0.2, 0.25) is 0 Å². The third-order valence-corrected chi connectivity index (χ3v) is 5.04. The molecule has 0 aliphatic carbocycles. The Morgan fingerprint density at radius 2 is 2.29 bits per heavy atom. The second kappa shape index (κ2) is 6.45. The smallest absolute Gasteiger partial charge is 0.267 e. The maximum absolute atomic E-state index is 12.2. The molecular formula is C18H23N3O3. The Bertz CT molecular complexity index is 680. The number of nitrogens with one attached hydrogen (secondary N) is 1. The van der Waals surface area contributed by atoms with E-state index in [0.717, 1.165) is 26.1 Å². The van der Waals surface area contributed by atoms with E-state index < -0.39 is 0 Å². The monoisotopic (exact) mass is 329 g/mol. The molecule has 2 aliphatic rings. The lowest BCUT2D eigenvalue weighted by atomic mass is 10.0. The molecule has 0 saturated carbocycles. The zero-order valence-corrected chi connectivity index (χ0v) is 13.9. The molecule has 2 aliphatic heterocycles. The number of likely N-dealkylation sites (tertiary alicyclic amines) is 1. The number of carbonyl (C=O) groups is 1. The van der Waals surface area contributed by atoms with Crippen LogP contribution < -0.4 is 5.32 Å². The van der Waals surface area contributed by atoms with E-state index in [-0.39, 0.29) is 18.1 Å². The van der Waals surface area contributed by atoms with Gasteiger partial charge in [0, 0.05) is 50.9 Å². The van der Waals surface area contributed by atoms with Gasteiger partial charge in [0.25, 0.3) is 5.91 Å². The molecule has 0 aromatic carbocycles. The standard InChI is InChI=1S/C18H23N3O3/c1-20-5-2-3-16(20)18(22)19-8-15-7-14-10-21(11-17(14)24-15)9-13-4-6-23-12-13/h2-6,12,14-15,17H,7-11H2,1H3,(H,19,22)/t14-,15-,17+/m1/s1. The van der Waals surface area contributed by atoms with Crippen molar-refractivity contribution in [1.82, 2.24) is 14.8 Å². The van der Waals surface area contributed by atoms with Crippen LogP contribution in [0.4, 0.5) is 0 Å². The van der Waals surface area contributed by atoms with Crippen LogP contribution in [0.25, 0.3) is 0 Å². The predicted octanol–water partition coefficient (Wildman–Crippen LogP) is 1.64. The fraction of sp³-hybridized carbons (Fsp3) is 0.500. The van der Waals surface area contributed by atoms with Crippen molar-refractivity contribution in [2.24, 2.45) is 13.0 Å². The first-order chi connectivity index (χ1) is 11.7. The molecule has 1 N–H and O–H groups in total. The molecule has 6 nitrogen and oxygen atoms in total. The third kappa shape index (κ3) is 3.12. The average molecular weight is 329 g/mol. The van der Waals surface area contributed by atoms with Crippen molar-refractivity contribution in [2.75, 3.05) is 19.6 Å². The van der Waals surface area contributed by atoms with Crippen molar-refractivity contribution in [3.8, 4) is 0 Å². The summed E-state index contributed by atoms with van der Waals surface area (Å²) in [5, 5.41) is 2.99. The Kier molecular flexibility index (Phi) is 4.16. The molecule has 6 heteroatoms. The number of rotatable bonds is 5. The van der Waals surface area contributed by atoms with Gasteiger partial charge in [0.1, 0.15) is 5.69 Å². The molecule has 2 aromatic rings. The first-order valence-corrected chi connectivity index (χ1v) is 8.47.